The van der Waals surface area contributed by atoms with Crippen LogP contribution in [0.1, 0.15) is 11.4 Å². The predicted molar refractivity (Wildman–Crippen MR) is 63.7 cm³/mol. The van der Waals surface area contributed by atoms with E-state index in [1.165, 1.54) is 0 Å². The van der Waals surface area contributed by atoms with Crippen molar-refractivity contribution in [2.45, 2.75) is 23.8 Å². The Morgan fingerprint density at radius 2 is 1.81 bits per heavy atom. The van der Waals surface area contributed by atoms with Crippen LogP contribution in [0.4, 0.5) is 0 Å². The maximum absolute atomic E-state index is 9.18. The molecule has 0 saturated carbocycles. The van der Waals surface area contributed by atoms with Gasteiger partial charge in [-0.15, -0.1) is 0 Å². The van der Waals surface area contributed by atoms with Crippen LogP contribution >= 0.6 is 11.8 Å². The van der Waals surface area contributed by atoms with Crippen LogP contribution < -0.4 is 0 Å². The minimum atomic E-state index is 0.274. The Balaban J connectivity index is 2.26. The summed E-state index contributed by atoms with van der Waals surface area (Å²) in [6.45, 7) is 3.86. The topological polar surface area (TPSA) is 46.0 Å². The highest BCUT2D eigenvalue weighted by Gasteiger charge is 2.04. The highest BCUT2D eigenvalue weighted by Crippen LogP contribution is 2.28. The largest absolute Gasteiger partial charge is 0.508 e. The summed E-state index contributed by atoms with van der Waals surface area (Å²) in [4.78, 5) is 9.73. The summed E-state index contributed by atoms with van der Waals surface area (Å²) in [5.41, 5.74) is 1.83. The second kappa shape index (κ2) is 4.53. The van der Waals surface area contributed by atoms with Crippen molar-refractivity contribution in [2.75, 3.05) is 0 Å². The maximum atomic E-state index is 9.18. The second-order valence-electron chi connectivity index (χ2n) is 3.50. The fourth-order valence-corrected chi connectivity index (χ4v) is 2.12. The summed E-state index contributed by atoms with van der Waals surface area (Å²) < 4.78 is 0. The van der Waals surface area contributed by atoms with Crippen molar-refractivity contribution >= 4 is 11.8 Å². The lowest BCUT2D eigenvalue weighted by Crippen LogP contribution is -1.92. The molecule has 3 nitrogen and oxygen atoms in total. The lowest BCUT2D eigenvalue weighted by Gasteiger charge is -2.04. The van der Waals surface area contributed by atoms with E-state index in [2.05, 4.69) is 9.97 Å². The molecule has 0 radical (unpaired) electrons. The van der Waals surface area contributed by atoms with Gasteiger partial charge in [-0.1, -0.05) is 11.8 Å². The third-order valence-corrected chi connectivity index (χ3v) is 3.17. The van der Waals surface area contributed by atoms with Crippen LogP contribution in [-0.4, -0.2) is 15.1 Å². The van der Waals surface area contributed by atoms with Gasteiger partial charge in [-0.25, -0.2) is 4.98 Å². The quantitative estimate of drug-likeness (QED) is 0.864. The van der Waals surface area contributed by atoms with Crippen molar-refractivity contribution in [3.8, 4) is 5.75 Å². The van der Waals surface area contributed by atoms with Gasteiger partial charge < -0.3 is 5.11 Å². The fraction of sp³-hybridized carbons (Fsp3) is 0.167. The number of aromatic nitrogens is 2. The molecular weight excluding hydrogens is 220 g/mol. The third kappa shape index (κ3) is 2.52. The predicted octanol–water partition coefficient (Wildman–Crippen LogP) is 2.95. The van der Waals surface area contributed by atoms with Crippen molar-refractivity contribution < 1.29 is 5.11 Å². The average molecular weight is 232 g/mol. The van der Waals surface area contributed by atoms with Crippen LogP contribution in [0.2, 0.25) is 0 Å². The van der Waals surface area contributed by atoms with E-state index in [9.17, 15) is 5.11 Å². The molecule has 2 aromatic rings. The minimum absolute atomic E-state index is 0.274. The van der Waals surface area contributed by atoms with Crippen LogP contribution in [0, 0.1) is 13.8 Å². The van der Waals surface area contributed by atoms with Crippen LogP contribution in [0.15, 0.2) is 40.4 Å². The summed E-state index contributed by atoms with van der Waals surface area (Å²) in [5, 5.41) is 10.1. The molecule has 1 N–H and O–H groups in total. The van der Waals surface area contributed by atoms with Crippen LogP contribution in [0.3, 0.4) is 0 Å². The van der Waals surface area contributed by atoms with E-state index in [0.29, 0.717) is 0 Å². The molecule has 0 amide bonds. The molecule has 0 aliphatic rings. The molecule has 0 saturated heterocycles. The van der Waals surface area contributed by atoms with Gasteiger partial charge in [0.15, 0.2) is 0 Å². The number of nitrogens with zero attached hydrogens (tertiary/aromatic N) is 2. The molecule has 0 aliphatic carbocycles. The Morgan fingerprint density at radius 1 is 1.12 bits per heavy atom. The van der Waals surface area contributed by atoms with Gasteiger partial charge >= 0.3 is 0 Å². The van der Waals surface area contributed by atoms with Gasteiger partial charge in [0.25, 0.3) is 0 Å². The van der Waals surface area contributed by atoms with E-state index >= 15 is 0 Å². The van der Waals surface area contributed by atoms with E-state index in [1.54, 1.807) is 30.1 Å². The zero-order chi connectivity index (χ0) is 11.5. The Morgan fingerprint density at radius 3 is 2.50 bits per heavy atom. The van der Waals surface area contributed by atoms with E-state index in [4.69, 9.17) is 0 Å². The minimum Gasteiger partial charge on any atom is -0.508 e. The maximum Gasteiger partial charge on any atom is 0.122 e. The average Bonchev–Trinajstić information content (AvgIpc) is 2.27. The van der Waals surface area contributed by atoms with Crippen LogP contribution in [0.5, 0.6) is 5.75 Å². The smallest absolute Gasteiger partial charge is 0.122 e. The van der Waals surface area contributed by atoms with Crippen molar-refractivity contribution in [3.05, 3.63) is 41.9 Å². The molecule has 0 atom stereocenters. The van der Waals surface area contributed by atoms with Crippen LogP contribution in [-0.2, 0) is 0 Å². The highest BCUT2D eigenvalue weighted by molar-refractivity contribution is 7.99. The van der Waals surface area contributed by atoms with Gasteiger partial charge in [-0.2, -0.15) is 0 Å². The zero-order valence-corrected chi connectivity index (χ0v) is 9.95. The molecule has 1 heterocycles. The van der Waals surface area contributed by atoms with Crippen molar-refractivity contribution in [1.82, 2.24) is 9.97 Å². The first-order valence-corrected chi connectivity index (χ1v) is 5.74. The number of rotatable bonds is 2. The Bertz CT molecular complexity index is 497. The first-order valence-electron chi connectivity index (χ1n) is 4.92. The van der Waals surface area contributed by atoms with Gasteiger partial charge in [-0.05, 0) is 38.1 Å². The number of aromatic hydroxyl groups is 1. The molecule has 16 heavy (non-hydrogen) atoms. The highest BCUT2D eigenvalue weighted by atomic mass is 32.2. The molecule has 2 rings (SSSR count). The fourth-order valence-electron chi connectivity index (χ4n) is 1.24. The Labute approximate surface area is 98.6 Å². The first-order chi connectivity index (χ1) is 7.65. The number of phenolic OH excluding ortho intramolecular Hbond substituents is 1. The van der Waals surface area contributed by atoms with E-state index in [0.717, 1.165) is 21.3 Å². The van der Waals surface area contributed by atoms with E-state index < -0.39 is 0 Å². The first kappa shape index (κ1) is 11.0. The molecule has 0 bridgehead atoms. The number of hydrogen-bond donors (Lipinski definition) is 1. The van der Waals surface area contributed by atoms with Gasteiger partial charge in [0.1, 0.15) is 10.8 Å². The van der Waals surface area contributed by atoms with Gasteiger partial charge in [0.05, 0.1) is 11.4 Å². The summed E-state index contributed by atoms with van der Waals surface area (Å²) >= 11 is 1.55. The molecule has 0 fully saturated rings. The summed E-state index contributed by atoms with van der Waals surface area (Å²) in [5.74, 6) is 0.274. The van der Waals surface area contributed by atoms with Crippen molar-refractivity contribution in [2.24, 2.45) is 0 Å². The van der Waals surface area contributed by atoms with Crippen molar-refractivity contribution in [3.63, 3.8) is 0 Å². The molecule has 0 spiro atoms. The number of aryl methyl sites for hydroxylation is 2. The number of hydrogen-bond acceptors (Lipinski definition) is 4. The van der Waals surface area contributed by atoms with Gasteiger partial charge in [-0.3, -0.25) is 4.98 Å². The SMILES string of the molecule is Cc1cnc(C)c(Sc2ccc(O)cc2)n1. The molecule has 1 aromatic heterocycles. The van der Waals surface area contributed by atoms with Crippen molar-refractivity contribution in [1.29, 1.82) is 0 Å². The lowest BCUT2D eigenvalue weighted by atomic mass is 10.3. The molecular formula is C12H12N2OS. The van der Waals surface area contributed by atoms with Gasteiger partial charge in [0, 0.05) is 11.1 Å². The number of benzene rings is 1. The molecule has 0 unspecified atom stereocenters. The standard InChI is InChI=1S/C12H12N2OS/c1-8-7-13-9(2)12(14-8)16-11-5-3-10(15)4-6-11/h3-7,15H,1-2H3. The Kier molecular flexibility index (Phi) is 3.10. The molecule has 1 aromatic carbocycles. The van der Waals surface area contributed by atoms with Gasteiger partial charge in [0.2, 0.25) is 0 Å². The van der Waals surface area contributed by atoms with Crippen LogP contribution in [0.25, 0.3) is 0 Å². The summed E-state index contributed by atoms with van der Waals surface area (Å²) in [6, 6.07) is 7.06. The Hall–Kier alpha value is -1.55. The summed E-state index contributed by atoms with van der Waals surface area (Å²) in [6.07, 6.45) is 1.76. The number of phenols is 1. The monoisotopic (exact) mass is 232 g/mol. The second-order valence-corrected chi connectivity index (χ2v) is 4.56. The molecule has 4 heteroatoms. The summed E-state index contributed by atoms with van der Waals surface area (Å²) in [7, 11) is 0. The normalized spacial score (nSPS) is 10.4. The molecule has 0 aliphatic heterocycles. The van der Waals surface area contributed by atoms with E-state index in [-0.39, 0.29) is 5.75 Å². The van der Waals surface area contributed by atoms with E-state index in [1.807, 2.05) is 26.0 Å². The third-order valence-electron chi connectivity index (χ3n) is 2.08. The lowest BCUT2D eigenvalue weighted by molar-refractivity contribution is 0.475. The molecule has 82 valence electrons. The zero-order valence-electron chi connectivity index (χ0n) is 9.14.